The van der Waals surface area contributed by atoms with Crippen LogP contribution in [0.25, 0.3) is 0 Å². The van der Waals surface area contributed by atoms with E-state index in [1.165, 1.54) is 13.3 Å². The third-order valence-corrected chi connectivity index (χ3v) is 2.77. The predicted octanol–water partition coefficient (Wildman–Crippen LogP) is 2.74. The van der Waals surface area contributed by atoms with Crippen LogP contribution in [0.5, 0.6) is 0 Å². The molecule has 0 fully saturated rings. The largest absolute Gasteiger partial charge is 0.467 e. The maximum atomic E-state index is 13.9. The molecular formula is C13H10F2N2O4. The maximum absolute atomic E-state index is 13.9. The van der Waals surface area contributed by atoms with Crippen molar-refractivity contribution in [3.05, 3.63) is 63.6 Å². The van der Waals surface area contributed by atoms with Gasteiger partial charge in [0.15, 0.2) is 0 Å². The summed E-state index contributed by atoms with van der Waals surface area (Å²) in [4.78, 5) is 22.7. The number of benzene rings is 1. The van der Waals surface area contributed by atoms with Crippen LogP contribution in [0.3, 0.4) is 0 Å². The van der Waals surface area contributed by atoms with Crippen molar-refractivity contribution in [1.29, 1.82) is 0 Å². The van der Waals surface area contributed by atoms with Gasteiger partial charge >= 0.3 is 5.69 Å². The lowest BCUT2D eigenvalue weighted by molar-refractivity contribution is -0.387. The average molecular weight is 296 g/mol. The van der Waals surface area contributed by atoms with E-state index in [9.17, 15) is 23.7 Å². The molecule has 1 heterocycles. The molecule has 2 rings (SSSR count). The van der Waals surface area contributed by atoms with Crippen molar-refractivity contribution in [3.63, 3.8) is 0 Å². The first-order valence-corrected chi connectivity index (χ1v) is 5.81. The molecule has 0 saturated carbocycles. The van der Waals surface area contributed by atoms with Gasteiger partial charge < -0.3 is 9.32 Å². The van der Waals surface area contributed by atoms with Gasteiger partial charge in [-0.3, -0.25) is 14.9 Å². The Kier molecular flexibility index (Phi) is 3.97. The van der Waals surface area contributed by atoms with Crippen LogP contribution >= 0.6 is 0 Å². The van der Waals surface area contributed by atoms with Gasteiger partial charge in [0, 0.05) is 7.05 Å². The Morgan fingerprint density at radius 2 is 2.14 bits per heavy atom. The third-order valence-electron chi connectivity index (χ3n) is 2.77. The lowest BCUT2D eigenvalue weighted by Crippen LogP contribution is -2.27. The zero-order valence-corrected chi connectivity index (χ0v) is 10.9. The Morgan fingerprint density at radius 1 is 1.43 bits per heavy atom. The minimum atomic E-state index is -1.36. The number of hydrogen-bond donors (Lipinski definition) is 0. The number of amides is 1. The van der Waals surface area contributed by atoms with Crippen molar-refractivity contribution >= 4 is 11.6 Å². The van der Waals surface area contributed by atoms with Crippen molar-refractivity contribution in [2.24, 2.45) is 0 Å². The van der Waals surface area contributed by atoms with Crippen LogP contribution in [-0.4, -0.2) is 22.8 Å². The van der Waals surface area contributed by atoms with Crippen LogP contribution in [0.2, 0.25) is 0 Å². The summed E-state index contributed by atoms with van der Waals surface area (Å²) in [6, 6.07) is 4.28. The topological polar surface area (TPSA) is 76.6 Å². The number of nitro benzene ring substituents is 1. The molecule has 1 aromatic carbocycles. The highest BCUT2D eigenvalue weighted by atomic mass is 19.1. The minimum absolute atomic E-state index is 0.0234. The molecule has 0 bridgehead atoms. The molecule has 6 nitrogen and oxygen atoms in total. The van der Waals surface area contributed by atoms with Crippen LogP contribution < -0.4 is 0 Å². The molecule has 8 heteroatoms. The lowest BCUT2D eigenvalue weighted by Gasteiger charge is -2.16. The molecule has 0 N–H and O–H groups in total. The quantitative estimate of drug-likeness (QED) is 0.642. The Labute approximate surface area is 117 Å². The molecule has 2 aromatic rings. The average Bonchev–Trinajstić information content (AvgIpc) is 2.92. The number of halogens is 2. The van der Waals surface area contributed by atoms with Gasteiger partial charge in [-0.05, 0) is 18.2 Å². The summed E-state index contributed by atoms with van der Waals surface area (Å²) in [6.07, 6.45) is 1.40. The number of hydrogen-bond acceptors (Lipinski definition) is 4. The summed E-state index contributed by atoms with van der Waals surface area (Å²) < 4.78 is 32.3. The SMILES string of the molecule is CN(Cc1ccco1)C(=O)c1cc(F)cc([N+](=O)[O-])c1F. The minimum Gasteiger partial charge on any atom is -0.467 e. The van der Waals surface area contributed by atoms with Crippen LogP contribution in [0, 0.1) is 21.7 Å². The second kappa shape index (κ2) is 5.70. The molecule has 0 aliphatic heterocycles. The van der Waals surface area contributed by atoms with E-state index >= 15 is 0 Å². The van der Waals surface area contributed by atoms with Gasteiger partial charge in [0.05, 0.1) is 29.4 Å². The molecule has 1 aromatic heterocycles. The Balaban J connectivity index is 2.32. The predicted molar refractivity (Wildman–Crippen MR) is 67.5 cm³/mol. The Bertz CT molecular complexity index is 686. The van der Waals surface area contributed by atoms with Gasteiger partial charge in [-0.25, -0.2) is 4.39 Å². The fraction of sp³-hybridized carbons (Fsp3) is 0.154. The summed E-state index contributed by atoms with van der Waals surface area (Å²) in [5, 5.41) is 10.6. The molecule has 0 saturated heterocycles. The molecule has 0 aliphatic rings. The number of furan rings is 1. The second-order valence-corrected chi connectivity index (χ2v) is 4.28. The maximum Gasteiger partial charge on any atom is 0.308 e. The van der Waals surface area contributed by atoms with Crippen molar-refractivity contribution in [3.8, 4) is 0 Å². The van der Waals surface area contributed by atoms with Crippen molar-refractivity contribution in [2.75, 3.05) is 7.05 Å². The molecule has 21 heavy (non-hydrogen) atoms. The number of carbonyl (C=O) groups is 1. The van der Waals surface area contributed by atoms with E-state index in [4.69, 9.17) is 4.42 Å². The molecule has 110 valence electrons. The van der Waals surface area contributed by atoms with Gasteiger partial charge in [0.25, 0.3) is 5.91 Å². The Morgan fingerprint density at radius 3 is 2.71 bits per heavy atom. The van der Waals surface area contributed by atoms with E-state index in [0.29, 0.717) is 17.9 Å². The van der Waals surface area contributed by atoms with E-state index < -0.39 is 33.7 Å². The Hall–Kier alpha value is -2.77. The van der Waals surface area contributed by atoms with Crippen LogP contribution in [0.15, 0.2) is 34.9 Å². The first-order chi connectivity index (χ1) is 9.90. The zero-order valence-electron chi connectivity index (χ0n) is 10.9. The summed E-state index contributed by atoms with van der Waals surface area (Å²) in [5.41, 5.74) is -1.78. The van der Waals surface area contributed by atoms with Crippen LogP contribution in [-0.2, 0) is 6.54 Å². The fourth-order valence-corrected chi connectivity index (χ4v) is 1.78. The lowest BCUT2D eigenvalue weighted by atomic mass is 10.1. The van der Waals surface area contributed by atoms with Crippen molar-refractivity contribution in [2.45, 2.75) is 6.54 Å². The second-order valence-electron chi connectivity index (χ2n) is 4.28. The standard InChI is InChI=1S/C13H10F2N2O4/c1-16(7-9-3-2-4-21-9)13(18)10-5-8(14)6-11(12(10)15)17(19)20/h2-6H,7H2,1H3. The highest BCUT2D eigenvalue weighted by Crippen LogP contribution is 2.23. The normalized spacial score (nSPS) is 10.4. The van der Waals surface area contributed by atoms with Gasteiger partial charge in [0.1, 0.15) is 11.6 Å². The fourth-order valence-electron chi connectivity index (χ4n) is 1.78. The molecular weight excluding hydrogens is 286 g/mol. The van der Waals surface area contributed by atoms with Crippen LogP contribution in [0.1, 0.15) is 16.1 Å². The molecule has 0 atom stereocenters. The van der Waals surface area contributed by atoms with Crippen molar-refractivity contribution in [1.82, 2.24) is 4.90 Å². The van der Waals surface area contributed by atoms with E-state index in [-0.39, 0.29) is 6.54 Å². The van der Waals surface area contributed by atoms with E-state index in [1.54, 1.807) is 12.1 Å². The van der Waals surface area contributed by atoms with Crippen molar-refractivity contribution < 1.29 is 22.9 Å². The van der Waals surface area contributed by atoms with E-state index in [2.05, 4.69) is 0 Å². The smallest absolute Gasteiger partial charge is 0.308 e. The molecule has 0 spiro atoms. The highest BCUT2D eigenvalue weighted by molar-refractivity contribution is 5.95. The highest BCUT2D eigenvalue weighted by Gasteiger charge is 2.26. The number of nitro groups is 1. The third kappa shape index (κ3) is 3.04. The molecule has 0 unspecified atom stereocenters. The first kappa shape index (κ1) is 14.6. The first-order valence-electron chi connectivity index (χ1n) is 5.81. The van der Waals surface area contributed by atoms with Crippen LogP contribution in [0.4, 0.5) is 14.5 Å². The van der Waals surface area contributed by atoms with Gasteiger partial charge in [-0.2, -0.15) is 4.39 Å². The zero-order chi connectivity index (χ0) is 15.6. The number of nitrogens with zero attached hydrogens (tertiary/aromatic N) is 2. The molecule has 0 aliphatic carbocycles. The monoisotopic (exact) mass is 296 g/mol. The van der Waals surface area contributed by atoms with Gasteiger partial charge in [-0.1, -0.05) is 0 Å². The van der Waals surface area contributed by atoms with Gasteiger partial charge in [-0.15, -0.1) is 0 Å². The van der Waals surface area contributed by atoms with E-state index in [1.807, 2.05) is 0 Å². The number of carbonyl (C=O) groups excluding carboxylic acids is 1. The van der Waals surface area contributed by atoms with E-state index in [0.717, 1.165) is 4.90 Å². The molecule has 0 radical (unpaired) electrons. The number of rotatable bonds is 4. The summed E-state index contributed by atoms with van der Waals surface area (Å²) in [6.45, 7) is 0.0234. The molecule has 1 amide bonds. The summed E-state index contributed by atoms with van der Waals surface area (Å²) in [7, 11) is 1.35. The summed E-state index contributed by atoms with van der Waals surface area (Å²) in [5.74, 6) is -2.86. The summed E-state index contributed by atoms with van der Waals surface area (Å²) >= 11 is 0. The van der Waals surface area contributed by atoms with Gasteiger partial charge in [0.2, 0.25) is 5.82 Å².